The third-order valence-electron chi connectivity index (χ3n) is 1.28. The number of hydrogen-bond acceptors (Lipinski definition) is 2. The fourth-order valence-corrected chi connectivity index (χ4v) is 2.00. The Kier molecular flexibility index (Phi) is 7.65. The van der Waals surface area contributed by atoms with Gasteiger partial charge in [-0.1, -0.05) is 20.3 Å². The Morgan fingerprint density at radius 2 is 2.10 bits per heavy atom. The molecule has 0 aromatic carbocycles. The standard InChI is InChI=1S/C5H10OS.C3H8/c6-3-5-1-2-7-4-5;1-3-2/h5-6H,1-4H2;3H2,1-2H3. The molecule has 0 saturated carbocycles. The number of aliphatic hydroxyl groups excluding tert-OH is 1. The van der Waals surface area contributed by atoms with E-state index < -0.39 is 0 Å². The molecule has 1 aliphatic rings. The highest BCUT2D eigenvalue weighted by molar-refractivity contribution is 7.99. The normalized spacial score (nSPS) is 23.7. The summed E-state index contributed by atoms with van der Waals surface area (Å²) < 4.78 is 0. The Labute approximate surface area is 68.2 Å². The van der Waals surface area contributed by atoms with Gasteiger partial charge in [0.15, 0.2) is 0 Å². The Bertz CT molecular complexity index is 60.3. The monoisotopic (exact) mass is 162 g/mol. The van der Waals surface area contributed by atoms with Crippen LogP contribution in [0.25, 0.3) is 0 Å². The van der Waals surface area contributed by atoms with E-state index in [0.717, 1.165) is 0 Å². The van der Waals surface area contributed by atoms with Gasteiger partial charge in [-0.15, -0.1) is 0 Å². The molecule has 0 aromatic heterocycles. The van der Waals surface area contributed by atoms with Gasteiger partial charge in [-0.3, -0.25) is 0 Å². The van der Waals surface area contributed by atoms with Crippen LogP contribution >= 0.6 is 11.8 Å². The first-order chi connectivity index (χ1) is 4.85. The maximum atomic E-state index is 8.55. The van der Waals surface area contributed by atoms with E-state index in [9.17, 15) is 0 Å². The Balaban J connectivity index is 0.000000236. The van der Waals surface area contributed by atoms with Crippen LogP contribution in [0.15, 0.2) is 0 Å². The first-order valence-electron chi connectivity index (χ1n) is 4.03. The van der Waals surface area contributed by atoms with Crippen molar-refractivity contribution in [2.24, 2.45) is 5.92 Å². The SMILES string of the molecule is CCC.OCC1CCSC1. The van der Waals surface area contributed by atoms with Gasteiger partial charge in [-0.2, -0.15) is 11.8 Å². The third kappa shape index (κ3) is 5.12. The van der Waals surface area contributed by atoms with E-state index in [1.54, 1.807) is 0 Å². The molecule has 0 radical (unpaired) electrons. The van der Waals surface area contributed by atoms with Gasteiger partial charge < -0.3 is 5.11 Å². The summed E-state index contributed by atoms with van der Waals surface area (Å²) in [5.74, 6) is 3.05. The molecular formula is C8H18OS. The lowest BCUT2D eigenvalue weighted by atomic mass is 10.1. The average molecular weight is 162 g/mol. The van der Waals surface area contributed by atoms with Gasteiger partial charge in [0.05, 0.1) is 0 Å². The van der Waals surface area contributed by atoms with Crippen molar-refractivity contribution < 1.29 is 5.11 Å². The number of rotatable bonds is 1. The minimum absolute atomic E-state index is 0.396. The Morgan fingerprint density at radius 1 is 1.50 bits per heavy atom. The minimum atomic E-state index is 0.396. The van der Waals surface area contributed by atoms with Crippen molar-refractivity contribution in [3.05, 3.63) is 0 Å². The van der Waals surface area contributed by atoms with Crippen molar-refractivity contribution in [1.82, 2.24) is 0 Å². The minimum Gasteiger partial charge on any atom is -0.396 e. The van der Waals surface area contributed by atoms with Crippen LogP contribution in [0.5, 0.6) is 0 Å². The quantitative estimate of drug-likeness (QED) is 0.637. The van der Waals surface area contributed by atoms with Gasteiger partial charge in [0, 0.05) is 6.61 Å². The lowest BCUT2D eigenvalue weighted by Crippen LogP contribution is -2.02. The van der Waals surface area contributed by atoms with Crippen LogP contribution in [0.1, 0.15) is 26.7 Å². The summed E-state index contributed by atoms with van der Waals surface area (Å²) >= 11 is 1.95. The van der Waals surface area contributed by atoms with Gasteiger partial charge in [-0.05, 0) is 23.8 Å². The van der Waals surface area contributed by atoms with Crippen molar-refractivity contribution in [3.63, 3.8) is 0 Å². The number of aliphatic hydroxyl groups is 1. The summed E-state index contributed by atoms with van der Waals surface area (Å²) in [6.07, 6.45) is 2.47. The maximum absolute atomic E-state index is 8.55. The van der Waals surface area contributed by atoms with Crippen molar-refractivity contribution >= 4 is 11.8 Å². The van der Waals surface area contributed by atoms with Gasteiger partial charge >= 0.3 is 0 Å². The molecular weight excluding hydrogens is 144 g/mol. The lowest BCUT2D eigenvalue weighted by Gasteiger charge is -1.97. The van der Waals surface area contributed by atoms with Crippen LogP contribution in [-0.4, -0.2) is 23.2 Å². The summed E-state index contributed by atoms with van der Waals surface area (Å²) in [7, 11) is 0. The summed E-state index contributed by atoms with van der Waals surface area (Å²) in [6.45, 7) is 4.65. The van der Waals surface area contributed by atoms with Crippen LogP contribution in [0.2, 0.25) is 0 Å². The molecule has 1 nitrogen and oxygen atoms in total. The van der Waals surface area contributed by atoms with E-state index in [4.69, 9.17) is 5.11 Å². The van der Waals surface area contributed by atoms with E-state index in [-0.39, 0.29) is 0 Å². The summed E-state index contributed by atoms with van der Waals surface area (Å²) in [5, 5.41) is 8.55. The fraction of sp³-hybridized carbons (Fsp3) is 1.00. The highest BCUT2D eigenvalue weighted by Crippen LogP contribution is 2.22. The predicted molar refractivity (Wildman–Crippen MR) is 48.5 cm³/mol. The van der Waals surface area contributed by atoms with Gasteiger partial charge in [0.25, 0.3) is 0 Å². The van der Waals surface area contributed by atoms with Gasteiger partial charge in [0.1, 0.15) is 0 Å². The van der Waals surface area contributed by atoms with Crippen molar-refractivity contribution in [2.45, 2.75) is 26.7 Å². The zero-order chi connectivity index (χ0) is 7.82. The molecule has 0 amide bonds. The molecule has 1 atom stereocenters. The molecule has 1 N–H and O–H groups in total. The summed E-state index contributed by atoms with van der Waals surface area (Å²) in [6, 6.07) is 0. The topological polar surface area (TPSA) is 20.2 Å². The first-order valence-corrected chi connectivity index (χ1v) is 5.19. The second-order valence-electron chi connectivity index (χ2n) is 2.62. The number of hydrogen-bond donors (Lipinski definition) is 1. The molecule has 0 spiro atoms. The van der Waals surface area contributed by atoms with E-state index in [1.807, 2.05) is 11.8 Å². The first kappa shape index (κ1) is 10.3. The van der Waals surface area contributed by atoms with Gasteiger partial charge in [0.2, 0.25) is 0 Å². The van der Waals surface area contributed by atoms with E-state index in [1.165, 1.54) is 24.3 Å². The fourth-order valence-electron chi connectivity index (χ4n) is 0.727. The second kappa shape index (κ2) is 7.42. The molecule has 2 heteroatoms. The number of thioether (sulfide) groups is 1. The van der Waals surface area contributed by atoms with Crippen molar-refractivity contribution in [3.8, 4) is 0 Å². The molecule has 0 aromatic rings. The third-order valence-corrected chi connectivity index (χ3v) is 2.51. The molecule has 1 rings (SSSR count). The molecule has 10 heavy (non-hydrogen) atoms. The highest BCUT2D eigenvalue weighted by atomic mass is 32.2. The van der Waals surface area contributed by atoms with E-state index >= 15 is 0 Å². The zero-order valence-corrected chi connectivity index (χ0v) is 7.78. The average Bonchev–Trinajstić information content (AvgIpc) is 2.39. The van der Waals surface area contributed by atoms with E-state index in [0.29, 0.717) is 12.5 Å². The largest absolute Gasteiger partial charge is 0.396 e. The zero-order valence-electron chi connectivity index (χ0n) is 6.97. The Morgan fingerprint density at radius 3 is 2.30 bits per heavy atom. The van der Waals surface area contributed by atoms with Crippen LogP contribution in [-0.2, 0) is 0 Å². The molecule has 1 aliphatic heterocycles. The second-order valence-corrected chi connectivity index (χ2v) is 3.77. The van der Waals surface area contributed by atoms with Crippen LogP contribution in [0.4, 0.5) is 0 Å². The maximum Gasteiger partial charge on any atom is 0.0467 e. The molecule has 1 fully saturated rings. The predicted octanol–water partition coefficient (Wildman–Crippen LogP) is 2.15. The van der Waals surface area contributed by atoms with Crippen molar-refractivity contribution in [2.75, 3.05) is 18.1 Å². The van der Waals surface area contributed by atoms with E-state index in [2.05, 4.69) is 13.8 Å². The van der Waals surface area contributed by atoms with Crippen LogP contribution in [0, 0.1) is 5.92 Å². The van der Waals surface area contributed by atoms with Crippen LogP contribution < -0.4 is 0 Å². The molecule has 0 bridgehead atoms. The Hall–Kier alpha value is 0.310. The molecule has 1 saturated heterocycles. The van der Waals surface area contributed by atoms with Gasteiger partial charge in [-0.25, -0.2) is 0 Å². The molecule has 0 aliphatic carbocycles. The van der Waals surface area contributed by atoms with Crippen molar-refractivity contribution in [1.29, 1.82) is 0 Å². The summed E-state index contributed by atoms with van der Waals surface area (Å²) in [5.41, 5.74) is 0. The highest BCUT2D eigenvalue weighted by Gasteiger charge is 2.12. The molecule has 1 unspecified atom stereocenters. The summed E-state index contributed by atoms with van der Waals surface area (Å²) in [4.78, 5) is 0. The van der Waals surface area contributed by atoms with Crippen LogP contribution in [0.3, 0.4) is 0 Å². The molecule has 1 heterocycles. The smallest absolute Gasteiger partial charge is 0.0467 e. The molecule has 62 valence electrons. The lowest BCUT2D eigenvalue weighted by molar-refractivity contribution is 0.241.